The fourth-order valence-electron chi connectivity index (χ4n) is 8.41. The zero-order valence-electron chi connectivity index (χ0n) is 35.2. The zero-order valence-corrected chi connectivity index (χ0v) is 38.6. The Labute approximate surface area is 383 Å². The molecule has 2 radical (unpaired) electrons. The maximum absolute atomic E-state index is 3.25. The molecule has 0 saturated heterocycles. The van der Waals surface area contributed by atoms with Crippen LogP contribution in [0, 0.1) is 6.92 Å². The van der Waals surface area contributed by atoms with Crippen molar-refractivity contribution in [1.29, 1.82) is 0 Å². The Kier molecular flexibility index (Phi) is 14.3. The van der Waals surface area contributed by atoms with Crippen LogP contribution in [0.15, 0.2) is 200 Å². The van der Waals surface area contributed by atoms with Gasteiger partial charge in [-0.25, -0.2) is 0 Å². The molecule has 0 bridgehead atoms. The molecule has 0 aliphatic carbocycles. The molecule has 0 N–H and O–H groups in total. The second-order valence-electron chi connectivity index (χ2n) is 15.0. The molecule has 11 aromatic rings. The fourth-order valence-corrected chi connectivity index (χ4v) is 8.58. The molecule has 0 nitrogen and oxygen atoms in total. The summed E-state index contributed by atoms with van der Waals surface area (Å²) in [4.78, 5) is 0. The fraction of sp³-hybridized carbons (Fsp3) is 0.0847. The summed E-state index contributed by atoms with van der Waals surface area (Å²) in [6, 6.07) is 72.3. The van der Waals surface area contributed by atoms with Gasteiger partial charge >= 0.3 is 26.2 Å². The van der Waals surface area contributed by atoms with Gasteiger partial charge in [-0.05, 0) is 55.9 Å². The van der Waals surface area contributed by atoms with Crippen LogP contribution in [0.2, 0.25) is 0 Å². The van der Waals surface area contributed by atoms with Crippen molar-refractivity contribution in [3.8, 4) is 22.3 Å². The Morgan fingerprint density at radius 3 is 1.20 bits per heavy atom. The number of rotatable bonds is 5. The van der Waals surface area contributed by atoms with Gasteiger partial charge in [-0.2, -0.15) is 30.3 Å². The minimum Gasteiger partial charge on any atom is -0.346 e. The van der Waals surface area contributed by atoms with Gasteiger partial charge in [-0.3, -0.25) is 0 Å². The molecule has 0 saturated carbocycles. The third-order valence-electron chi connectivity index (χ3n) is 11.4. The predicted octanol–water partition coefficient (Wildman–Crippen LogP) is 15.9. The number of fused-ring (bicyclic) bond motifs is 8. The third-order valence-corrected chi connectivity index (χ3v) is 11.7. The first kappa shape index (κ1) is 43.3. The van der Waals surface area contributed by atoms with Crippen LogP contribution in [-0.4, -0.2) is 15.5 Å². The number of benzene rings is 9. The van der Waals surface area contributed by atoms with Crippen molar-refractivity contribution >= 4 is 80.2 Å². The molecule has 61 heavy (non-hydrogen) atoms. The second kappa shape index (κ2) is 20.2. The Morgan fingerprint density at radius 2 is 0.803 bits per heavy atom. The summed E-state index contributed by atoms with van der Waals surface area (Å²) in [5, 5.41) is 15.9. The van der Waals surface area contributed by atoms with Crippen molar-refractivity contribution in [1.82, 2.24) is 0 Å². The third kappa shape index (κ3) is 9.28. The monoisotopic (exact) mass is 874 g/mol. The van der Waals surface area contributed by atoms with Gasteiger partial charge in [-0.15, -0.1) is 81.2 Å². The molecule has 0 aromatic heterocycles. The van der Waals surface area contributed by atoms with Crippen LogP contribution in [0.1, 0.15) is 37.5 Å². The van der Waals surface area contributed by atoms with Crippen molar-refractivity contribution in [2.24, 2.45) is 0 Å². The van der Waals surface area contributed by atoms with Crippen LogP contribution in [0.4, 0.5) is 0 Å². The van der Waals surface area contributed by atoms with Crippen molar-refractivity contribution in [3.63, 3.8) is 0 Å². The average molecular weight is 876 g/mol. The standard InChI is InChI=1S/2C25H19.C7H5Si.C2H5.Zr/c2*1-2-17-13-21-12-11-18-7-5-6-10-23(18)25(21)24(14-17)22-15-19-8-3-4-9-20(19)16-22;8-6-7-4-2-1-3-5-7;1-2;/h2*3-16H,2H2,1H3;1-5H;1H2,2H3;/q4*-1;+4. The Balaban J connectivity index is 0.000000149. The van der Waals surface area contributed by atoms with Gasteiger partial charge in [-0.1, -0.05) is 185 Å². The van der Waals surface area contributed by atoms with Gasteiger partial charge in [0.15, 0.2) is 0 Å². The Bertz CT molecular complexity index is 2950. The molecule has 0 aliphatic rings. The molecule has 292 valence electrons. The van der Waals surface area contributed by atoms with Gasteiger partial charge in [0.05, 0.1) is 0 Å². The van der Waals surface area contributed by atoms with Gasteiger partial charge < -0.3 is 6.92 Å². The topological polar surface area (TPSA) is 0 Å². The second-order valence-corrected chi connectivity index (χ2v) is 15.3. The summed E-state index contributed by atoms with van der Waals surface area (Å²) in [7, 11) is 3.15. The van der Waals surface area contributed by atoms with E-state index in [0.717, 1.165) is 18.4 Å². The largest absolute Gasteiger partial charge is 4.00 e. The summed E-state index contributed by atoms with van der Waals surface area (Å²) in [5.41, 5.74) is 12.0. The SMILES string of the molecule is CCc1cc(-c2cc3ccccc3[cH-]2)c2c(ccc3ccccc32)c1.CCc1cc(-c2cc3ccccc3[cH-]2)c2c(ccc3ccccc32)c1.[CH2-]C.[Si]=[C-]c1ccccc1.[Zr+4]. The minimum absolute atomic E-state index is 0. The average Bonchev–Trinajstić information content (AvgIpc) is 3.97. The molecule has 11 aromatic carbocycles. The Morgan fingerprint density at radius 1 is 0.426 bits per heavy atom. The van der Waals surface area contributed by atoms with Crippen LogP contribution < -0.4 is 0 Å². The van der Waals surface area contributed by atoms with Crippen molar-refractivity contribution in [3.05, 3.63) is 224 Å². The Hall–Kier alpha value is -5.79. The smallest absolute Gasteiger partial charge is 0.346 e. The molecule has 0 fully saturated rings. The van der Waals surface area contributed by atoms with Gasteiger partial charge in [0.25, 0.3) is 0 Å². The van der Waals surface area contributed by atoms with E-state index in [0.29, 0.717) is 0 Å². The summed E-state index contributed by atoms with van der Waals surface area (Å²) < 4.78 is 0. The summed E-state index contributed by atoms with van der Waals surface area (Å²) in [6.45, 7) is 9.46. The van der Waals surface area contributed by atoms with Crippen LogP contribution in [0.5, 0.6) is 0 Å². The van der Waals surface area contributed by atoms with Crippen LogP contribution in [0.25, 0.3) is 86.9 Å². The maximum Gasteiger partial charge on any atom is 4.00 e. The molecular weight excluding hydrogens is 828 g/mol. The number of hydrogen-bond donors (Lipinski definition) is 0. The van der Waals surface area contributed by atoms with E-state index in [2.05, 4.69) is 206 Å². The van der Waals surface area contributed by atoms with Crippen molar-refractivity contribution in [2.75, 3.05) is 0 Å². The summed E-state index contributed by atoms with van der Waals surface area (Å²) >= 11 is 0. The van der Waals surface area contributed by atoms with E-state index in [-0.39, 0.29) is 26.2 Å². The van der Waals surface area contributed by atoms with E-state index in [9.17, 15) is 0 Å². The van der Waals surface area contributed by atoms with E-state index < -0.39 is 0 Å². The molecular formula is C59H48SiZr. The van der Waals surface area contributed by atoms with E-state index in [1.807, 2.05) is 30.3 Å². The minimum atomic E-state index is 0. The first-order valence-electron chi connectivity index (χ1n) is 21.0. The number of aryl methyl sites for hydroxylation is 2. The van der Waals surface area contributed by atoms with E-state index in [1.165, 1.54) is 98.0 Å². The molecule has 0 aliphatic heterocycles. The maximum atomic E-state index is 3.25. The van der Waals surface area contributed by atoms with Crippen LogP contribution >= 0.6 is 0 Å². The normalized spacial score (nSPS) is 10.7. The zero-order chi connectivity index (χ0) is 41.4. The van der Waals surface area contributed by atoms with E-state index in [1.54, 1.807) is 6.92 Å². The molecule has 0 atom stereocenters. The first-order valence-corrected chi connectivity index (χ1v) is 21.5. The van der Waals surface area contributed by atoms with E-state index in [4.69, 9.17) is 0 Å². The van der Waals surface area contributed by atoms with Gasteiger partial charge in [0.1, 0.15) is 0 Å². The van der Waals surface area contributed by atoms with Crippen molar-refractivity contribution in [2.45, 2.75) is 33.6 Å². The molecule has 2 heteroatoms. The van der Waals surface area contributed by atoms with Crippen molar-refractivity contribution < 1.29 is 26.2 Å². The van der Waals surface area contributed by atoms with E-state index >= 15 is 0 Å². The summed E-state index contributed by atoms with van der Waals surface area (Å²) in [6.07, 6.45) is 2.10. The molecule has 0 unspecified atom stereocenters. The molecule has 0 amide bonds. The predicted molar refractivity (Wildman–Crippen MR) is 266 cm³/mol. The molecule has 0 spiro atoms. The van der Waals surface area contributed by atoms with Crippen LogP contribution in [0.3, 0.4) is 0 Å². The first-order chi connectivity index (χ1) is 29.6. The van der Waals surface area contributed by atoms with Gasteiger partial charge in [0, 0.05) is 0 Å². The summed E-state index contributed by atoms with van der Waals surface area (Å²) in [5.74, 6) is 0. The molecule has 0 heterocycles. The quantitative estimate of drug-likeness (QED) is 0.0918. The van der Waals surface area contributed by atoms with Crippen LogP contribution in [-0.2, 0) is 39.0 Å². The van der Waals surface area contributed by atoms with Gasteiger partial charge in [0.2, 0.25) is 0 Å². The molecule has 11 rings (SSSR count). The number of hydrogen-bond acceptors (Lipinski definition) is 0.